The third-order valence-electron chi connectivity index (χ3n) is 3.43. The van der Waals surface area contributed by atoms with Crippen LogP contribution in [0.2, 0.25) is 10.0 Å². The van der Waals surface area contributed by atoms with Crippen LogP contribution in [0.25, 0.3) is 6.08 Å². The lowest BCUT2D eigenvalue weighted by Crippen LogP contribution is -2.44. The van der Waals surface area contributed by atoms with Crippen molar-refractivity contribution in [3.63, 3.8) is 0 Å². The van der Waals surface area contributed by atoms with Gasteiger partial charge in [0.05, 0.1) is 12.1 Å². The van der Waals surface area contributed by atoms with Crippen LogP contribution in [0.15, 0.2) is 24.3 Å². The van der Waals surface area contributed by atoms with E-state index in [4.69, 9.17) is 23.2 Å². The number of hydrogen-bond acceptors (Lipinski definition) is 2. The van der Waals surface area contributed by atoms with Crippen LogP contribution in [0.5, 0.6) is 0 Å². The highest BCUT2D eigenvalue weighted by Crippen LogP contribution is 2.22. The summed E-state index contributed by atoms with van der Waals surface area (Å²) in [6, 6.07) is 4.92. The molecule has 0 aromatic heterocycles. The molecule has 2 rings (SSSR count). The van der Waals surface area contributed by atoms with E-state index in [9.17, 15) is 9.90 Å². The molecule has 1 aliphatic rings. The summed E-state index contributed by atoms with van der Waals surface area (Å²) >= 11 is 11.9. The Bertz CT molecular complexity index is 517. The van der Waals surface area contributed by atoms with Crippen molar-refractivity contribution in [3.05, 3.63) is 39.9 Å². The summed E-state index contributed by atoms with van der Waals surface area (Å²) in [4.78, 5) is 11.8. The number of aliphatic hydroxyl groups excluding tert-OH is 1. The highest BCUT2D eigenvalue weighted by atomic mass is 35.5. The Labute approximate surface area is 128 Å². The third kappa shape index (κ3) is 4.23. The van der Waals surface area contributed by atoms with Gasteiger partial charge in [-0.2, -0.15) is 0 Å². The molecule has 20 heavy (non-hydrogen) atoms. The summed E-state index contributed by atoms with van der Waals surface area (Å²) in [5, 5.41) is 13.7. The minimum absolute atomic E-state index is 0.157. The van der Waals surface area contributed by atoms with Crippen molar-refractivity contribution in [2.24, 2.45) is 0 Å². The van der Waals surface area contributed by atoms with E-state index in [0.29, 0.717) is 15.6 Å². The molecule has 0 aliphatic heterocycles. The molecule has 2 N–H and O–H groups in total. The van der Waals surface area contributed by atoms with Crippen molar-refractivity contribution < 1.29 is 9.90 Å². The molecular weight excluding hydrogens is 297 g/mol. The van der Waals surface area contributed by atoms with E-state index in [-0.39, 0.29) is 11.9 Å². The monoisotopic (exact) mass is 313 g/mol. The number of rotatable bonds is 3. The molecule has 1 amide bonds. The van der Waals surface area contributed by atoms with Crippen molar-refractivity contribution in [2.45, 2.75) is 37.8 Å². The van der Waals surface area contributed by atoms with Gasteiger partial charge in [0, 0.05) is 16.1 Å². The molecule has 0 bridgehead atoms. The lowest BCUT2D eigenvalue weighted by atomic mass is 9.92. The van der Waals surface area contributed by atoms with Crippen LogP contribution >= 0.6 is 23.2 Å². The summed E-state index contributed by atoms with van der Waals surface area (Å²) in [6.45, 7) is 0. The number of hydrogen-bond donors (Lipinski definition) is 2. The van der Waals surface area contributed by atoms with Gasteiger partial charge in [-0.25, -0.2) is 0 Å². The molecule has 0 heterocycles. The normalized spacial score (nSPS) is 22.9. The standard InChI is InChI=1S/C15H17Cl2NO2/c16-11-6-7-12(17)10(9-11)5-8-15(20)18-13-3-1-2-4-14(13)19/h5-9,13-14,19H,1-4H2,(H,18,20). The van der Waals surface area contributed by atoms with E-state index in [0.717, 1.165) is 25.7 Å². The maximum atomic E-state index is 11.8. The number of aliphatic hydroxyl groups is 1. The molecule has 5 heteroatoms. The minimum Gasteiger partial charge on any atom is -0.391 e. The molecule has 1 aromatic rings. The van der Waals surface area contributed by atoms with Crippen LogP contribution < -0.4 is 5.32 Å². The van der Waals surface area contributed by atoms with E-state index < -0.39 is 6.10 Å². The Morgan fingerprint density at radius 2 is 2.05 bits per heavy atom. The fourth-order valence-corrected chi connectivity index (χ4v) is 2.68. The van der Waals surface area contributed by atoms with Crippen molar-refractivity contribution in [1.29, 1.82) is 0 Å². The zero-order valence-electron chi connectivity index (χ0n) is 11.0. The number of benzene rings is 1. The van der Waals surface area contributed by atoms with E-state index in [1.54, 1.807) is 24.3 Å². The molecule has 1 saturated carbocycles. The molecule has 0 saturated heterocycles. The Morgan fingerprint density at radius 1 is 1.30 bits per heavy atom. The summed E-state index contributed by atoms with van der Waals surface area (Å²) in [7, 11) is 0. The zero-order chi connectivity index (χ0) is 14.5. The van der Waals surface area contributed by atoms with Gasteiger partial charge in [-0.1, -0.05) is 36.0 Å². The van der Waals surface area contributed by atoms with Crippen LogP contribution in [0.3, 0.4) is 0 Å². The second-order valence-corrected chi connectivity index (χ2v) is 5.81. The van der Waals surface area contributed by atoms with Crippen molar-refractivity contribution in [3.8, 4) is 0 Å². The molecule has 0 spiro atoms. The molecule has 2 atom stereocenters. The lowest BCUT2D eigenvalue weighted by molar-refractivity contribution is -0.118. The summed E-state index contributed by atoms with van der Waals surface area (Å²) in [5.41, 5.74) is 0.693. The fourth-order valence-electron chi connectivity index (χ4n) is 2.32. The van der Waals surface area contributed by atoms with Gasteiger partial charge >= 0.3 is 0 Å². The predicted molar refractivity (Wildman–Crippen MR) is 81.9 cm³/mol. The van der Waals surface area contributed by atoms with Gasteiger partial charge < -0.3 is 10.4 Å². The topological polar surface area (TPSA) is 49.3 Å². The van der Waals surface area contributed by atoms with Crippen LogP contribution in [-0.4, -0.2) is 23.2 Å². The zero-order valence-corrected chi connectivity index (χ0v) is 12.5. The Morgan fingerprint density at radius 3 is 2.80 bits per heavy atom. The van der Waals surface area contributed by atoms with Gasteiger partial charge in [0.15, 0.2) is 0 Å². The van der Waals surface area contributed by atoms with E-state index in [2.05, 4.69) is 5.32 Å². The SMILES string of the molecule is O=C(C=Cc1cc(Cl)ccc1Cl)NC1CCCCC1O. The Hall–Kier alpha value is -1.03. The predicted octanol–water partition coefficient (Wildman–Crippen LogP) is 3.43. The van der Waals surface area contributed by atoms with Gasteiger partial charge in [0.1, 0.15) is 0 Å². The van der Waals surface area contributed by atoms with Gasteiger partial charge in [0.2, 0.25) is 5.91 Å². The van der Waals surface area contributed by atoms with Gasteiger partial charge in [-0.15, -0.1) is 0 Å². The molecule has 1 aromatic carbocycles. The highest BCUT2D eigenvalue weighted by Gasteiger charge is 2.23. The lowest BCUT2D eigenvalue weighted by Gasteiger charge is -2.27. The van der Waals surface area contributed by atoms with E-state index in [1.807, 2.05) is 0 Å². The quantitative estimate of drug-likeness (QED) is 0.840. The summed E-state index contributed by atoms with van der Waals surface area (Å²) in [5.74, 6) is -0.230. The second kappa shape index (κ2) is 7.11. The Balaban J connectivity index is 1.96. The van der Waals surface area contributed by atoms with Gasteiger partial charge in [-0.05, 0) is 42.7 Å². The van der Waals surface area contributed by atoms with Crippen molar-refractivity contribution in [2.75, 3.05) is 0 Å². The van der Waals surface area contributed by atoms with E-state index in [1.165, 1.54) is 6.08 Å². The number of nitrogens with one attached hydrogen (secondary N) is 1. The van der Waals surface area contributed by atoms with Crippen molar-refractivity contribution >= 4 is 35.2 Å². The average Bonchev–Trinajstić information content (AvgIpc) is 2.42. The highest BCUT2D eigenvalue weighted by molar-refractivity contribution is 6.34. The van der Waals surface area contributed by atoms with Gasteiger partial charge in [-0.3, -0.25) is 4.79 Å². The molecular formula is C15H17Cl2NO2. The number of amides is 1. The van der Waals surface area contributed by atoms with Gasteiger partial charge in [0.25, 0.3) is 0 Å². The Kier molecular flexibility index (Phi) is 5.46. The third-order valence-corrected chi connectivity index (χ3v) is 4.01. The number of carbonyl (C=O) groups is 1. The smallest absolute Gasteiger partial charge is 0.244 e. The minimum atomic E-state index is -0.448. The van der Waals surface area contributed by atoms with E-state index >= 15 is 0 Å². The molecule has 1 aliphatic carbocycles. The molecule has 1 fully saturated rings. The molecule has 108 valence electrons. The first kappa shape index (κ1) is 15.4. The van der Waals surface area contributed by atoms with Crippen LogP contribution in [0.4, 0.5) is 0 Å². The second-order valence-electron chi connectivity index (χ2n) is 4.97. The fraction of sp³-hybridized carbons (Fsp3) is 0.400. The first-order valence-electron chi connectivity index (χ1n) is 6.68. The maximum absolute atomic E-state index is 11.8. The summed E-state index contributed by atoms with van der Waals surface area (Å²) < 4.78 is 0. The van der Waals surface area contributed by atoms with Crippen LogP contribution in [-0.2, 0) is 4.79 Å². The van der Waals surface area contributed by atoms with Crippen LogP contribution in [0, 0.1) is 0 Å². The number of carbonyl (C=O) groups excluding carboxylic acids is 1. The molecule has 3 nitrogen and oxygen atoms in total. The molecule has 2 unspecified atom stereocenters. The van der Waals surface area contributed by atoms with Crippen LogP contribution in [0.1, 0.15) is 31.2 Å². The molecule has 0 radical (unpaired) electrons. The van der Waals surface area contributed by atoms with Crippen molar-refractivity contribution in [1.82, 2.24) is 5.32 Å². The summed E-state index contributed by atoms with van der Waals surface area (Å²) in [6.07, 6.45) is 6.20. The first-order chi connectivity index (χ1) is 9.56. The average molecular weight is 314 g/mol. The largest absolute Gasteiger partial charge is 0.391 e. The first-order valence-corrected chi connectivity index (χ1v) is 7.43. The number of halogens is 2. The maximum Gasteiger partial charge on any atom is 0.244 e.